The summed E-state index contributed by atoms with van der Waals surface area (Å²) in [6.07, 6.45) is 1.44. The molecule has 0 spiro atoms. The molecule has 0 saturated heterocycles. The third-order valence-electron chi connectivity index (χ3n) is 2.36. The molecule has 0 saturated carbocycles. The third-order valence-corrected chi connectivity index (χ3v) is 2.36. The number of rotatable bonds is 3. The van der Waals surface area contributed by atoms with Crippen LogP contribution in [0.3, 0.4) is 0 Å². The number of para-hydroxylation sites is 2. The number of hydrogen-bond acceptors (Lipinski definition) is 4. The van der Waals surface area contributed by atoms with E-state index in [0.29, 0.717) is 11.4 Å². The van der Waals surface area contributed by atoms with Crippen LogP contribution in [0.2, 0.25) is 0 Å². The highest BCUT2D eigenvalue weighted by Crippen LogP contribution is 2.24. The summed E-state index contributed by atoms with van der Waals surface area (Å²) in [5.41, 5.74) is 0.499. The Kier molecular flexibility index (Phi) is 3.43. The number of benzene rings is 1. The molecular weight excluding hydrogens is 232 g/mol. The van der Waals surface area contributed by atoms with Crippen LogP contribution >= 0.6 is 0 Å². The molecule has 5 nitrogen and oxygen atoms in total. The molecule has 0 aliphatic heterocycles. The van der Waals surface area contributed by atoms with E-state index in [2.05, 4.69) is 10.3 Å². The molecule has 0 aliphatic carbocycles. The molecule has 18 heavy (non-hydrogen) atoms. The maximum atomic E-state index is 11.9. The van der Waals surface area contributed by atoms with Gasteiger partial charge in [-0.15, -0.1) is 0 Å². The lowest BCUT2D eigenvalue weighted by Crippen LogP contribution is -2.14. The van der Waals surface area contributed by atoms with E-state index in [-0.39, 0.29) is 11.4 Å². The molecule has 0 unspecified atom stereocenters. The van der Waals surface area contributed by atoms with Gasteiger partial charge in [-0.1, -0.05) is 12.1 Å². The average Bonchev–Trinajstić information content (AvgIpc) is 2.39. The van der Waals surface area contributed by atoms with E-state index < -0.39 is 5.91 Å². The quantitative estimate of drug-likeness (QED) is 0.866. The fourth-order valence-electron chi connectivity index (χ4n) is 1.50. The van der Waals surface area contributed by atoms with Crippen LogP contribution in [0.1, 0.15) is 10.5 Å². The number of methoxy groups -OCH3 is 1. The number of ether oxygens (including phenoxy) is 1. The number of nitrogens with zero attached hydrogens (tertiary/aromatic N) is 1. The third kappa shape index (κ3) is 2.40. The fraction of sp³-hybridized carbons (Fsp3) is 0.0769. The predicted molar refractivity (Wildman–Crippen MR) is 66.8 cm³/mol. The van der Waals surface area contributed by atoms with E-state index in [4.69, 9.17) is 4.74 Å². The standard InChI is InChI=1S/C13H12N2O3/c1-18-11-7-3-2-5-9(11)15-13(17)12-10(16)6-4-8-14-12/h2-8,16H,1H3,(H,15,17). The Morgan fingerprint density at radius 1 is 1.28 bits per heavy atom. The Labute approximate surface area is 104 Å². The first-order valence-electron chi connectivity index (χ1n) is 5.30. The summed E-state index contributed by atoms with van der Waals surface area (Å²) in [5.74, 6) is -0.108. The number of pyridine rings is 1. The summed E-state index contributed by atoms with van der Waals surface area (Å²) in [4.78, 5) is 15.7. The van der Waals surface area contributed by atoms with Crippen LogP contribution in [-0.4, -0.2) is 23.1 Å². The first kappa shape index (κ1) is 11.9. The Bertz CT molecular complexity index is 570. The fourth-order valence-corrected chi connectivity index (χ4v) is 1.50. The van der Waals surface area contributed by atoms with Gasteiger partial charge in [0.2, 0.25) is 0 Å². The van der Waals surface area contributed by atoms with Crippen LogP contribution < -0.4 is 10.1 Å². The number of aromatic nitrogens is 1. The van der Waals surface area contributed by atoms with E-state index in [1.54, 1.807) is 30.3 Å². The highest BCUT2D eigenvalue weighted by molar-refractivity contribution is 6.05. The van der Waals surface area contributed by atoms with Crippen molar-refractivity contribution in [3.05, 3.63) is 48.3 Å². The van der Waals surface area contributed by atoms with Gasteiger partial charge in [0.05, 0.1) is 12.8 Å². The largest absolute Gasteiger partial charge is 0.505 e. The van der Waals surface area contributed by atoms with Gasteiger partial charge in [-0.05, 0) is 24.3 Å². The maximum Gasteiger partial charge on any atom is 0.278 e. The van der Waals surface area contributed by atoms with Gasteiger partial charge in [0.1, 0.15) is 11.5 Å². The number of amides is 1. The van der Waals surface area contributed by atoms with Gasteiger partial charge in [-0.3, -0.25) is 4.79 Å². The highest BCUT2D eigenvalue weighted by Gasteiger charge is 2.13. The second kappa shape index (κ2) is 5.18. The molecule has 1 aromatic carbocycles. The average molecular weight is 244 g/mol. The molecule has 2 aromatic rings. The molecular formula is C13H12N2O3. The van der Waals surface area contributed by atoms with Gasteiger partial charge in [-0.25, -0.2) is 4.98 Å². The van der Waals surface area contributed by atoms with Crippen molar-refractivity contribution >= 4 is 11.6 Å². The zero-order chi connectivity index (χ0) is 13.0. The minimum atomic E-state index is -0.488. The number of nitrogens with one attached hydrogen (secondary N) is 1. The minimum Gasteiger partial charge on any atom is -0.505 e. The van der Waals surface area contributed by atoms with Crippen molar-refractivity contribution in [2.75, 3.05) is 12.4 Å². The van der Waals surface area contributed by atoms with Crippen molar-refractivity contribution in [2.24, 2.45) is 0 Å². The number of carbonyl (C=O) groups excluding carboxylic acids is 1. The van der Waals surface area contributed by atoms with Gasteiger partial charge in [0.15, 0.2) is 5.69 Å². The molecule has 0 bridgehead atoms. The normalized spacial score (nSPS) is 9.83. The van der Waals surface area contributed by atoms with Crippen molar-refractivity contribution in [3.63, 3.8) is 0 Å². The van der Waals surface area contributed by atoms with Crippen molar-refractivity contribution in [1.29, 1.82) is 0 Å². The van der Waals surface area contributed by atoms with Crippen LogP contribution in [0.5, 0.6) is 11.5 Å². The van der Waals surface area contributed by atoms with E-state index in [1.165, 1.54) is 19.4 Å². The molecule has 92 valence electrons. The molecule has 1 aromatic heterocycles. The lowest BCUT2D eigenvalue weighted by molar-refractivity contribution is 0.101. The molecule has 1 heterocycles. The second-order valence-electron chi connectivity index (χ2n) is 3.53. The van der Waals surface area contributed by atoms with Crippen LogP contribution in [0.15, 0.2) is 42.6 Å². The first-order chi connectivity index (χ1) is 8.72. The summed E-state index contributed by atoms with van der Waals surface area (Å²) in [5, 5.41) is 12.2. The van der Waals surface area contributed by atoms with E-state index in [1.807, 2.05) is 0 Å². The second-order valence-corrected chi connectivity index (χ2v) is 3.53. The van der Waals surface area contributed by atoms with Gasteiger partial charge < -0.3 is 15.2 Å². The molecule has 0 atom stereocenters. The van der Waals surface area contributed by atoms with Crippen LogP contribution in [0.4, 0.5) is 5.69 Å². The Hall–Kier alpha value is -2.56. The number of carbonyl (C=O) groups is 1. The predicted octanol–water partition coefficient (Wildman–Crippen LogP) is 2.05. The Morgan fingerprint density at radius 2 is 2.06 bits per heavy atom. The van der Waals surface area contributed by atoms with Crippen LogP contribution in [-0.2, 0) is 0 Å². The molecule has 2 N–H and O–H groups in total. The van der Waals surface area contributed by atoms with Crippen LogP contribution in [0, 0.1) is 0 Å². The summed E-state index contributed by atoms with van der Waals surface area (Å²) in [6.45, 7) is 0. The lowest BCUT2D eigenvalue weighted by atomic mass is 10.2. The van der Waals surface area contributed by atoms with Crippen molar-refractivity contribution in [2.45, 2.75) is 0 Å². The van der Waals surface area contributed by atoms with Gasteiger partial charge in [0.25, 0.3) is 5.91 Å². The monoisotopic (exact) mass is 244 g/mol. The summed E-state index contributed by atoms with van der Waals surface area (Å²) < 4.78 is 5.11. The van der Waals surface area contributed by atoms with Gasteiger partial charge in [0, 0.05) is 6.20 Å². The molecule has 0 aliphatic rings. The minimum absolute atomic E-state index is 0.0246. The zero-order valence-electron chi connectivity index (χ0n) is 9.75. The Morgan fingerprint density at radius 3 is 2.78 bits per heavy atom. The van der Waals surface area contributed by atoms with E-state index in [9.17, 15) is 9.90 Å². The zero-order valence-corrected chi connectivity index (χ0v) is 9.75. The highest BCUT2D eigenvalue weighted by atomic mass is 16.5. The van der Waals surface area contributed by atoms with Gasteiger partial charge >= 0.3 is 0 Å². The SMILES string of the molecule is COc1ccccc1NC(=O)c1ncccc1O. The van der Waals surface area contributed by atoms with Crippen LogP contribution in [0.25, 0.3) is 0 Å². The molecule has 1 amide bonds. The summed E-state index contributed by atoms with van der Waals surface area (Å²) in [7, 11) is 1.52. The smallest absolute Gasteiger partial charge is 0.278 e. The van der Waals surface area contributed by atoms with Crippen molar-refractivity contribution in [1.82, 2.24) is 4.98 Å². The number of anilines is 1. The summed E-state index contributed by atoms with van der Waals surface area (Å²) in [6, 6.07) is 9.97. The van der Waals surface area contributed by atoms with E-state index >= 15 is 0 Å². The lowest BCUT2D eigenvalue weighted by Gasteiger charge is -2.09. The molecule has 2 rings (SSSR count). The van der Waals surface area contributed by atoms with Crippen molar-refractivity contribution in [3.8, 4) is 11.5 Å². The summed E-state index contributed by atoms with van der Waals surface area (Å²) >= 11 is 0. The Balaban J connectivity index is 2.24. The molecule has 0 fully saturated rings. The molecule has 5 heteroatoms. The van der Waals surface area contributed by atoms with Crippen molar-refractivity contribution < 1.29 is 14.6 Å². The maximum absolute atomic E-state index is 11.9. The molecule has 0 radical (unpaired) electrons. The van der Waals surface area contributed by atoms with E-state index in [0.717, 1.165) is 0 Å². The number of hydrogen-bond donors (Lipinski definition) is 2. The first-order valence-corrected chi connectivity index (χ1v) is 5.30. The number of aromatic hydroxyl groups is 1. The topological polar surface area (TPSA) is 71.5 Å². The van der Waals surface area contributed by atoms with Gasteiger partial charge in [-0.2, -0.15) is 0 Å².